The van der Waals surface area contributed by atoms with E-state index in [2.05, 4.69) is 16.5 Å². The van der Waals surface area contributed by atoms with Gasteiger partial charge in [-0.3, -0.25) is 4.98 Å². The Morgan fingerprint density at radius 3 is 3.06 bits per heavy atom. The van der Waals surface area contributed by atoms with E-state index in [0.717, 1.165) is 18.8 Å². The second kappa shape index (κ2) is 6.98. The molecule has 0 aliphatic rings. The number of rotatable bonds is 7. The van der Waals surface area contributed by atoms with Gasteiger partial charge in [0.15, 0.2) is 0 Å². The summed E-state index contributed by atoms with van der Waals surface area (Å²) in [6.45, 7) is 5.88. The molecule has 0 saturated heterocycles. The lowest BCUT2D eigenvalue weighted by Crippen LogP contribution is -2.27. The average Bonchev–Trinajstić information content (AvgIpc) is 2.34. The number of aromatic nitrogens is 1. The predicted molar refractivity (Wildman–Crippen MR) is 64.4 cm³/mol. The van der Waals surface area contributed by atoms with Crippen molar-refractivity contribution in [3.63, 3.8) is 0 Å². The number of anilines is 1. The summed E-state index contributed by atoms with van der Waals surface area (Å²) in [5.74, 6) is 0. The number of pyridine rings is 1. The van der Waals surface area contributed by atoms with Crippen LogP contribution in [0.5, 0.6) is 0 Å². The number of methoxy groups -OCH3 is 1. The Bertz CT molecular complexity index is 329. The fourth-order valence-corrected chi connectivity index (χ4v) is 1.43. The molecule has 0 aromatic carbocycles. The Kier molecular flexibility index (Phi) is 5.53. The van der Waals surface area contributed by atoms with E-state index in [0.29, 0.717) is 12.3 Å². The molecule has 0 bridgehead atoms. The molecule has 16 heavy (non-hydrogen) atoms. The van der Waals surface area contributed by atoms with Gasteiger partial charge in [-0.05, 0) is 12.1 Å². The van der Waals surface area contributed by atoms with Crippen LogP contribution in [-0.4, -0.2) is 36.9 Å². The van der Waals surface area contributed by atoms with Crippen LogP contribution in [0.4, 0.5) is 5.69 Å². The molecule has 88 valence electrons. The average molecular weight is 222 g/mol. The summed E-state index contributed by atoms with van der Waals surface area (Å²) in [4.78, 5) is 6.17. The molecule has 1 N–H and O–H groups in total. The predicted octanol–water partition coefficient (Wildman–Crippen LogP) is 1.21. The highest BCUT2D eigenvalue weighted by atomic mass is 16.5. The maximum Gasteiger partial charge on any atom is 0.0853 e. The maximum absolute atomic E-state index is 9.02. The fraction of sp³-hybridized carbons (Fsp3) is 0.417. The number of hydrogen-bond acceptors (Lipinski definition) is 4. The molecule has 0 amide bonds. The van der Waals surface area contributed by atoms with Crippen molar-refractivity contribution in [1.82, 2.24) is 4.98 Å². The highest BCUT2D eigenvalue weighted by Gasteiger charge is 2.05. The lowest BCUT2D eigenvalue weighted by molar-refractivity contribution is 0.205. The van der Waals surface area contributed by atoms with Gasteiger partial charge in [0.1, 0.15) is 0 Å². The van der Waals surface area contributed by atoms with E-state index < -0.39 is 0 Å². The molecule has 0 atom stereocenters. The zero-order chi connectivity index (χ0) is 11.8. The Labute approximate surface area is 96.2 Å². The Hall–Kier alpha value is -1.39. The monoisotopic (exact) mass is 222 g/mol. The summed E-state index contributed by atoms with van der Waals surface area (Å²) in [6, 6.07) is 3.79. The lowest BCUT2D eigenvalue weighted by atomic mass is 10.3. The van der Waals surface area contributed by atoms with Gasteiger partial charge in [-0.2, -0.15) is 0 Å². The van der Waals surface area contributed by atoms with E-state index in [-0.39, 0.29) is 6.61 Å². The first-order valence-corrected chi connectivity index (χ1v) is 5.22. The van der Waals surface area contributed by atoms with Gasteiger partial charge >= 0.3 is 0 Å². The van der Waals surface area contributed by atoms with E-state index in [1.807, 2.05) is 18.2 Å². The number of hydrogen-bond donors (Lipinski definition) is 1. The van der Waals surface area contributed by atoms with Crippen LogP contribution in [0.1, 0.15) is 5.69 Å². The summed E-state index contributed by atoms with van der Waals surface area (Å²) >= 11 is 0. The van der Waals surface area contributed by atoms with Gasteiger partial charge in [-0.25, -0.2) is 0 Å². The fourth-order valence-electron chi connectivity index (χ4n) is 1.43. The number of aliphatic hydroxyl groups is 1. The van der Waals surface area contributed by atoms with Gasteiger partial charge in [0.05, 0.1) is 18.9 Å². The van der Waals surface area contributed by atoms with Crippen LogP contribution >= 0.6 is 0 Å². The summed E-state index contributed by atoms with van der Waals surface area (Å²) < 4.78 is 5.06. The largest absolute Gasteiger partial charge is 0.390 e. The third-order valence-corrected chi connectivity index (χ3v) is 2.24. The van der Waals surface area contributed by atoms with Crippen LogP contribution < -0.4 is 4.90 Å². The first kappa shape index (κ1) is 12.7. The van der Waals surface area contributed by atoms with Crippen LogP contribution in [0.25, 0.3) is 0 Å². The highest BCUT2D eigenvalue weighted by molar-refractivity contribution is 5.47. The van der Waals surface area contributed by atoms with Gasteiger partial charge in [0, 0.05) is 32.1 Å². The zero-order valence-electron chi connectivity index (χ0n) is 9.59. The van der Waals surface area contributed by atoms with Gasteiger partial charge in [0.2, 0.25) is 0 Å². The van der Waals surface area contributed by atoms with Crippen LogP contribution in [0.2, 0.25) is 0 Å². The third-order valence-electron chi connectivity index (χ3n) is 2.24. The molecule has 1 rings (SSSR count). The van der Waals surface area contributed by atoms with Gasteiger partial charge in [-0.1, -0.05) is 6.08 Å². The van der Waals surface area contributed by atoms with Crippen LogP contribution in [0.15, 0.2) is 31.0 Å². The maximum atomic E-state index is 9.02. The van der Waals surface area contributed by atoms with Crippen LogP contribution in [0, 0.1) is 0 Å². The number of ether oxygens (including phenoxy) is 1. The molecule has 0 aliphatic heterocycles. The minimum absolute atomic E-state index is 0.0416. The molecular weight excluding hydrogens is 204 g/mol. The third kappa shape index (κ3) is 3.64. The van der Waals surface area contributed by atoms with E-state index in [1.54, 1.807) is 13.3 Å². The normalized spacial score (nSPS) is 10.1. The topological polar surface area (TPSA) is 45.6 Å². The SMILES string of the molecule is C=CCN(CCOC)c1ccnc(CO)c1. The standard InChI is InChI=1S/C12H18N2O2/c1-3-6-14(7-8-16-2)12-4-5-13-11(9-12)10-15/h3-5,9,15H,1,6-8,10H2,2H3. The zero-order valence-corrected chi connectivity index (χ0v) is 9.59. The van der Waals surface area contributed by atoms with Gasteiger partial charge < -0.3 is 14.7 Å². The number of nitrogens with zero attached hydrogens (tertiary/aromatic N) is 2. The molecule has 1 aromatic heterocycles. The van der Waals surface area contributed by atoms with Crippen molar-refractivity contribution in [2.75, 3.05) is 31.7 Å². The molecule has 0 aliphatic carbocycles. The van der Waals surface area contributed by atoms with Crippen LogP contribution in [0.3, 0.4) is 0 Å². The first-order chi connectivity index (χ1) is 7.81. The van der Waals surface area contributed by atoms with Crippen molar-refractivity contribution in [2.45, 2.75) is 6.61 Å². The van der Waals surface area contributed by atoms with E-state index in [4.69, 9.17) is 9.84 Å². The highest BCUT2D eigenvalue weighted by Crippen LogP contribution is 2.14. The van der Waals surface area contributed by atoms with Crippen molar-refractivity contribution >= 4 is 5.69 Å². The summed E-state index contributed by atoms with van der Waals surface area (Å²) in [6.07, 6.45) is 3.54. The molecule has 1 aromatic rings. The summed E-state index contributed by atoms with van der Waals surface area (Å²) in [5, 5.41) is 9.02. The molecule has 0 unspecified atom stereocenters. The lowest BCUT2D eigenvalue weighted by Gasteiger charge is -2.23. The second-order valence-electron chi connectivity index (χ2n) is 3.39. The van der Waals surface area contributed by atoms with Gasteiger partial charge in [-0.15, -0.1) is 6.58 Å². The van der Waals surface area contributed by atoms with Crippen LogP contribution in [-0.2, 0) is 11.3 Å². The molecule has 1 heterocycles. The van der Waals surface area contributed by atoms with E-state index >= 15 is 0 Å². The molecule has 0 saturated carbocycles. The first-order valence-electron chi connectivity index (χ1n) is 5.22. The Morgan fingerprint density at radius 2 is 2.44 bits per heavy atom. The molecule has 4 nitrogen and oxygen atoms in total. The van der Waals surface area contributed by atoms with E-state index in [1.165, 1.54) is 0 Å². The molecule has 0 radical (unpaired) electrons. The molecule has 4 heteroatoms. The minimum Gasteiger partial charge on any atom is -0.390 e. The Balaban J connectivity index is 2.77. The minimum atomic E-state index is -0.0416. The number of aliphatic hydroxyl groups excluding tert-OH is 1. The summed E-state index contributed by atoms with van der Waals surface area (Å²) in [7, 11) is 1.68. The summed E-state index contributed by atoms with van der Waals surface area (Å²) in [5.41, 5.74) is 1.69. The molecule has 0 fully saturated rings. The van der Waals surface area contributed by atoms with Crippen molar-refractivity contribution in [3.05, 3.63) is 36.7 Å². The second-order valence-corrected chi connectivity index (χ2v) is 3.39. The van der Waals surface area contributed by atoms with Crippen molar-refractivity contribution in [1.29, 1.82) is 0 Å². The van der Waals surface area contributed by atoms with Crippen molar-refractivity contribution < 1.29 is 9.84 Å². The van der Waals surface area contributed by atoms with Crippen molar-refractivity contribution in [2.24, 2.45) is 0 Å². The van der Waals surface area contributed by atoms with E-state index in [9.17, 15) is 0 Å². The van der Waals surface area contributed by atoms with Gasteiger partial charge in [0.25, 0.3) is 0 Å². The van der Waals surface area contributed by atoms with Crippen molar-refractivity contribution in [3.8, 4) is 0 Å². The molecular formula is C12H18N2O2. The Morgan fingerprint density at radius 1 is 1.62 bits per heavy atom. The smallest absolute Gasteiger partial charge is 0.0853 e. The molecule has 0 spiro atoms. The quantitative estimate of drug-likeness (QED) is 0.704.